The molecule has 1 aliphatic heterocycles. The molecule has 1 saturated heterocycles. The average molecular weight is 472 g/mol. The highest BCUT2D eigenvalue weighted by atomic mass is 19.1. The van der Waals surface area contributed by atoms with Gasteiger partial charge in [-0.05, 0) is 29.8 Å². The second-order valence-electron chi connectivity index (χ2n) is 7.68. The van der Waals surface area contributed by atoms with E-state index in [1.807, 2.05) is 6.07 Å². The molecule has 0 saturated carbocycles. The Labute approximate surface area is 194 Å². The van der Waals surface area contributed by atoms with Crippen LogP contribution in [0.15, 0.2) is 41.2 Å². The zero-order chi connectivity index (χ0) is 24.1. The number of H-pyrrole nitrogens is 1. The van der Waals surface area contributed by atoms with Gasteiger partial charge < -0.3 is 35.0 Å². The van der Waals surface area contributed by atoms with Gasteiger partial charge >= 0.3 is 0 Å². The molecular weight excluding hydrogens is 447 g/mol. The molecule has 4 N–H and O–H groups in total. The maximum absolute atomic E-state index is 14.5. The Morgan fingerprint density at radius 2 is 2.06 bits per heavy atom. The molecule has 1 aliphatic rings. The highest BCUT2D eigenvalue weighted by Crippen LogP contribution is 2.26. The number of rotatable bonds is 8. The number of benzene rings is 2. The summed E-state index contributed by atoms with van der Waals surface area (Å²) in [7, 11) is 1.55. The number of hydrogen-bond acceptors (Lipinski definition) is 8. The van der Waals surface area contributed by atoms with Crippen LogP contribution >= 0.6 is 0 Å². The van der Waals surface area contributed by atoms with Crippen molar-refractivity contribution in [3.05, 3.63) is 64.0 Å². The zero-order valence-electron chi connectivity index (χ0n) is 18.5. The molecule has 1 aromatic heterocycles. The smallest absolute Gasteiger partial charge is 0.287 e. The number of halogens is 1. The summed E-state index contributed by atoms with van der Waals surface area (Å²) >= 11 is 0. The molecule has 180 valence electrons. The van der Waals surface area contributed by atoms with Crippen molar-refractivity contribution in [2.24, 2.45) is 5.73 Å². The van der Waals surface area contributed by atoms with Crippen LogP contribution in [0.4, 0.5) is 4.39 Å². The van der Waals surface area contributed by atoms with Crippen molar-refractivity contribution in [2.75, 3.05) is 33.5 Å². The van der Waals surface area contributed by atoms with Gasteiger partial charge in [-0.25, -0.2) is 9.37 Å². The Bertz CT molecular complexity index is 1230. The van der Waals surface area contributed by atoms with Crippen molar-refractivity contribution >= 4 is 16.8 Å². The van der Waals surface area contributed by atoms with Crippen molar-refractivity contribution in [1.29, 1.82) is 0 Å². The number of carbonyl (C=O) groups is 1. The normalized spacial score (nSPS) is 18.0. The van der Waals surface area contributed by atoms with Crippen LogP contribution in [0.5, 0.6) is 11.5 Å². The molecule has 1 fully saturated rings. The van der Waals surface area contributed by atoms with E-state index < -0.39 is 23.4 Å². The molecule has 10 nitrogen and oxygen atoms in total. The Morgan fingerprint density at radius 1 is 1.26 bits per heavy atom. The SMILES string of the molecule is COc1cccc(CNC(=O)c2nc3ccc(F)c(OC[C@@H]4CO[C@@H](CN)CO4)c3c(=O)[nH]2)c1. The number of nitrogens with two attached hydrogens (primary N) is 1. The quantitative estimate of drug-likeness (QED) is 0.444. The van der Waals surface area contributed by atoms with E-state index >= 15 is 0 Å². The Hall–Kier alpha value is -3.54. The van der Waals surface area contributed by atoms with E-state index in [2.05, 4.69) is 15.3 Å². The lowest BCUT2D eigenvalue weighted by atomic mass is 10.2. The lowest BCUT2D eigenvalue weighted by Crippen LogP contribution is -2.42. The maximum atomic E-state index is 14.5. The van der Waals surface area contributed by atoms with Crippen LogP contribution in [0.1, 0.15) is 16.2 Å². The van der Waals surface area contributed by atoms with Gasteiger partial charge in [0.15, 0.2) is 17.4 Å². The first-order chi connectivity index (χ1) is 16.5. The van der Waals surface area contributed by atoms with Crippen LogP contribution in [0, 0.1) is 5.82 Å². The summed E-state index contributed by atoms with van der Waals surface area (Å²) in [6.45, 7) is 1.04. The second-order valence-corrected chi connectivity index (χ2v) is 7.68. The standard InChI is InChI=1S/C23H25FN4O6/c1-31-14-4-2-3-13(7-14)9-26-23(30)21-27-18-6-5-17(24)20(19(18)22(29)28-21)34-12-16-11-32-15(8-25)10-33-16/h2-7,15-16H,8-12,25H2,1H3,(H,26,30)(H,27,28,29)/t15-,16-/m0/s1. The Kier molecular flexibility index (Phi) is 7.36. The first-order valence-corrected chi connectivity index (χ1v) is 10.7. The summed E-state index contributed by atoms with van der Waals surface area (Å²) in [6, 6.07) is 9.64. The summed E-state index contributed by atoms with van der Waals surface area (Å²) in [6.07, 6.45) is -0.628. The number of nitrogens with zero attached hydrogens (tertiary/aromatic N) is 1. The van der Waals surface area contributed by atoms with Crippen molar-refractivity contribution in [2.45, 2.75) is 18.8 Å². The van der Waals surface area contributed by atoms with Crippen molar-refractivity contribution in [3.63, 3.8) is 0 Å². The number of ether oxygens (including phenoxy) is 4. The fourth-order valence-electron chi connectivity index (χ4n) is 3.47. The molecule has 34 heavy (non-hydrogen) atoms. The molecule has 1 amide bonds. The minimum Gasteiger partial charge on any atom is -0.497 e. The van der Waals surface area contributed by atoms with E-state index in [1.165, 1.54) is 6.07 Å². The first-order valence-electron chi connectivity index (χ1n) is 10.7. The number of carbonyl (C=O) groups excluding carboxylic acids is 1. The molecule has 0 aliphatic carbocycles. The van der Waals surface area contributed by atoms with E-state index in [0.717, 1.165) is 11.6 Å². The van der Waals surface area contributed by atoms with Crippen LogP contribution in [-0.4, -0.2) is 61.6 Å². The molecular formula is C23H25FN4O6. The van der Waals surface area contributed by atoms with Gasteiger partial charge in [-0.1, -0.05) is 12.1 Å². The van der Waals surface area contributed by atoms with Gasteiger partial charge in [0.1, 0.15) is 23.8 Å². The number of aromatic nitrogens is 2. The monoisotopic (exact) mass is 472 g/mol. The first kappa shape index (κ1) is 23.6. The van der Waals surface area contributed by atoms with Crippen molar-refractivity contribution in [3.8, 4) is 11.5 Å². The lowest BCUT2D eigenvalue weighted by Gasteiger charge is -2.28. The van der Waals surface area contributed by atoms with Gasteiger partial charge in [0, 0.05) is 13.1 Å². The van der Waals surface area contributed by atoms with Crippen molar-refractivity contribution < 1.29 is 28.1 Å². The van der Waals surface area contributed by atoms with Gasteiger partial charge in [-0.15, -0.1) is 0 Å². The fraction of sp³-hybridized carbons (Fsp3) is 0.348. The van der Waals surface area contributed by atoms with E-state index in [1.54, 1.807) is 25.3 Å². The predicted molar refractivity (Wildman–Crippen MR) is 121 cm³/mol. The largest absolute Gasteiger partial charge is 0.497 e. The summed E-state index contributed by atoms with van der Waals surface area (Å²) in [5.74, 6) is -1.13. The number of hydrogen-bond donors (Lipinski definition) is 3. The highest BCUT2D eigenvalue weighted by molar-refractivity contribution is 5.93. The fourth-order valence-corrected chi connectivity index (χ4v) is 3.47. The molecule has 0 spiro atoms. The Balaban J connectivity index is 1.49. The van der Waals surface area contributed by atoms with Crippen LogP contribution in [0.25, 0.3) is 10.9 Å². The van der Waals surface area contributed by atoms with Crippen LogP contribution in [0.2, 0.25) is 0 Å². The zero-order valence-corrected chi connectivity index (χ0v) is 18.5. The molecule has 2 heterocycles. The third-order valence-corrected chi connectivity index (χ3v) is 5.29. The van der Waals surface area contributed by atoms with E-state index in [-0.39, 0.29) is 48.3 Å². The summed E-state index contributed by atoms with van der Waals surface area (Å²) in [4.78, 5) is 31.9. The van der Waals surface area contributed by atoms with Gasteiger partial charge in [-0.2, -0.15) is 0 Å². The van der Waals surface area contributed by atoms with Gasteiger partial charge in [0.25, 0.3) is 11.5 Å². The molecule has 2 atom stereocenters. The number of amides is 1. The lowest BCUT2D eigenvalue weighted by molar-refractivity contribution is -0.138. The van der Waals surface area contributed by atoms with E-state index in [4.69, 9.17) is 24.7 Å². The van der Waals surface area contributed by atoms with E-state index in [0.29, 0.717) is 18.9 Å². The molecule has 2 aromatic carbocycles. The number of methoxy groups -OCH3 is 1. The molecule has 11 heteroatoms. The van der Waals surface area contributed by atoms with Gasteiger partial charge in [0.05, 0.1) is 31.9 Å². The molecule has 0 bridgehead atoms. The second kappa shape index (κ2) is 10.6. The van der Waals surface area contributed by atoms with Crippen LogP contribution in [0.3, 0.4) is 0 Å². The molecule has 0 unspecified atom stereocenters. The van der Waals surface area contributed by atoms with Gasteiger partial charge in [-0.3, -0.25) is 9.59 Å². The Morgan fingerprint density at radius 3 is 2.79 bits per heavy atom. The summed E-state index contributed by atoms with van der Waals surface area (Å²) in [5.41, 5.74) is 5.77. The highest BCUT2D eigenvalue weighted by Gasteiger charge is 2.24. The molecule has 0 radical (unpaired) electrons. The van der Waals surface area contributed by atoms with Gasteiger partial charge in [0.2, 0.25) is 0 Å². The van der Waals surface area contributed by atoms with Crippen molar-refractivity contribution in [1.82, 2.24) is 15.3 Å². The molecule has 4 rings (SSSR count). The predicted octanol–water partition coefficient (Wildman–Crippen LogP) is 1.12. The molecule has 3 aromatic rings. The number of aromatic amines is 1. The van der Waals surface area contributed by atoms with E-state index in [9.17, 15) is 14.0 Å². The average Bonchev–Trinajstić information content (AvgIpc) is 2.87. The van der Waals surface area contributed by atoms with Crippen LogP contribution in [-0.2, 0) is 16.0 Å². The number of fused-ring (bicyclic) bond motifs is 1. The summed E-state index contributed by atoms with van der Waals surface area (Å²) < 4.78 is 36.4. The third-order valence-electron chi connectivity index (χ3n) is 5.29. The maximum Gasteiger partial charge on any atom is 0.287 e. The third kappa shape index (κ3) is 5.33. The van der Waals surface area contributed by atoms with Crippen LogP contribution < -0.4 is 26.1 Å². The minimum atomic E-state index is -0.730. The summed E-state index contributed by atoms with van der Waals surface area (Å²) in [5, 5.41) is 2.59. The minimum absolute atomic E-state index is 0.0322. The topological polar surface area (TPSA) is 138 Å². The number of nitrogens with one attached hydrogen (secondary N) is 2.